The van der Waals surface area contributed by atoms with Gasteiger partial charge in [0, 0.05) is 38.0 Å². The largest absolute Gasteiger partial charge is 0.497 e. The number of hydrogen-bond donors (Lipinski definition) is 1. The summed E-state index contributed by atoms with van der Waals surface area (Å²) in [5.74, 6) is 0.825. The van der Waals surface area contributed by atoms with Crippen molar-refractivity contribution in [3.8, 4) is 5.75 Å². The Morgan fingerprint density at radius 3 is 2.46 bits per heavy atom. The van der Waals surface area contributed by atoms with Crippen LogP contribution >= 0.6 is 0 Å². The highest BCUT2D eigenvalue weighted by Crippen LogP contribution is 2.20. The molecule has 1 N–H and O–H groups in total. The van der Waals surface area contributed by atoms with Gasteiger partial charge < -0.3 is 15.0 Å². The number of carbonyl (C=O) groups is 1. The third-order valence-corrected chi connectivity index (χ3v) is 5.86. The molecule has 0 spiro atoms. The molecule has 2 atom stereocenters. The Labute approximate surface area is 156 Å². The Bertz CT molecular complexity index is 704. The fraction of sp³-hybridized carbons (Fsp3) is 0.611. The van der Waals surface area contributed by atoms with E-state index in [9.17, 15) is 13.2 Å². The van der Waals surface area contributed by atoms with Gasteiger partial charge in [-0.05, 0) is 38.2 Å². The maximum atomic E-state index is 12.4. The lowest BCUT2D eigenvalue weighted by Gasteiger charge is -2.22. The molecule has 146 valence electrons. The summed E-state index contributed by atoms with van der Waals surface area (Å²) in [4.78, 5) is 14.4. The monoisotopic (exact) mass is 383 g/mol. The van der Waals surface area contributed by atoms with Crippen LogP contribution in [0.25, 0.3) is 0 Å². The maximum absolute atomic E-state index is 12.4. The number of benzene rings is 1. The van der Waals surface area contributed by atoms with Crippen molar-refractivity contribution in [1.82, 2.24) is 14.5 Å². The van der Waals surface area contributed by atoms with Crippen LogP contribution in [-0.2, 0) is 21.2 Å². The van der Waals surface area contributed by atoms with Crippen molar-refractivity contribution in [3.63, 3.8) is 0 Å². The second-order valence-corrected chi connectivity index (χ2v) is 9.11. The second kappa shape index (κ2) is 8.83. The number of ether oxygens (including phenoxy) is 1. The van der Waals surface area contributed by atoms with Gasteiger partial charge in [-0.15, -0.1) is 0 Å². The van der Waals surface area contributed by atoms with Crippen molar-refractivity contribution in [2.75, 3.05) is 47.1 Å². The summed E-state index contributed by atoms with van der Waals surface area (Å²) in [5, 5.41) is 3.03. The molecule has 1 heterocycles. The van der Waals surface area contributed by atoms with E-state index in [-0.39, 0.29) is 17.9 Å². The van der Waals surface area contributed by atoms with E-state index in [1.54, 1.807) is 7.11 Å². The molecule has 0 unspecified atom stereocenters. The zero-order valence-electron chi connectivity index (χ0n) is 15.9. The number of aryl methyl sites for hydroxylation is 1. The van der Waals surface area contributed by atoms with Crippen LogP contribution in [0.15, 0.2) is 24.3 Å². The standard InChI is InChI=1S/C18H29N3O4S/c1-20(2)11-15-12-21(26(4,23)24)13-17(15)19-18(22)10-7-14-5-8-16(25-3)9-6-14/h5-6,8-9,15,17H,7,10-13H2,1-4H3,(H,19,22)/t15-,17-/m1/s1. The topological polar surface area (TPSA) is 79.0 Å². The van der Waals surface area contributed by atoms with Gasteiger partial charge in [0.05, 0.1) is 13.4 Å². The molecule has 1 aromatic carbocycles. The van der Waals surface area contributed by atoms with Gasteiger partial charge in [-0.1, -0.05) is 12.1 Å². The first-order valence-corrected chi connectivity index (χ1v) is 10.6. The van der Waals surface area contributed by atoms with Crippen LogP contribution in [-0.4, -0.2) is 76.7 Å². The summed E-state index contributed by atoms with van der Waals surface area (Å²) in [6.45, 7) is 1.52. The molecule has 1 fully saturated rings. The number of nitrogens with one attached hydrogen (secondary N) is 1. The van der Waals surface area contributed by atoms with Gasteiger partial charge >= 0.3 is 0 Å². The van der Waals surface area contributed by atoms with E-state index < -0.39 is 10.0 Å². The highest BCUT2D eigenvalue weighted by atomic mass is 32.2. The number of sulfonamides is 1. The van der Waals surface area contributed by atoms with Crippen LogP contribution in [0, 0.1) is 5.92 Å². The minimum Gasteiger partial charge on any atom is -0.497 e. The van der Waals surface area contributed by atoms with E-state index in [2.05, 4.69) is 5.32 Å². The van der Waals surface area contributed by atoms with Crippen LogP contribution in [0.2, 0.25) is 0 Å². The van der Waals surface area contributed by atoms with Crippen molar-refractivity contribution in [2.45, 2.75) is 18.9 Å². The molecule has 8 heteroatoms. The molecule has 2 rings (SSSR count). The molecule has 1 amide bonds. The molecule has 0 saturated carbocycles. The Balaban J connectivity index is 1.92. The first-order valence-electron chi connectivity index (χ1n) is 8.71. The molecule has 26 heavy (non-hydrogen) atoms. The third kappa shape index (κ3) is 5.96. The van der Waals surface area contributed by atoms with E-state index in [4.69, 9.17) is 4.74 Å². The number of rotatable bonds is 8. The highest BCUT2D eigenvalue weighted by molar-refractivity contribution is 7.88. The number of amides is 1. The first kappa shape index (κ1) is 20.7. The Morgan fingerprint density at radius 2 is 1.92 bits per heavy atom. The van der Waals surface area contributed by atoms with E-state index in [1.807, 2.05) is 43.3 Å². The summed E-state index contributed by atoms with van der Waals surface area (Å²) >= 11 is 0. The van der Waals surface area contributed by atoms with Crippen LogP contribution in [0.4, 0.5) is 0 Å². The molecule has 0 aliphatic carbocycles. The molecule has 7 nitrogen and oxygen atoms in total. The Kier molecular flexibility index (Phi) is 7.02. The van der Waals surface area contributed by atoms with Crippen LogP contribution in [0.3, 0.4) is 0 Å². The summed E-state index contributed by atoms with van der Waals surface area (Å²) in [5.41, 5.74) is 1.06. The number of carbonyl (C=O) groups excluding carboxylic acids is 1. The van der Waals surface area contributed by atoms with Crippen molar-refractivity contribution in [2.24, 2.45) is 5.92 Å². The summed E-state index contributed by atoms with van der Waals surface area (Å²) in [7, 11) is 2.27. The van der Waals surface area contributed by atoms with Gasteiger partial charge in [-0.25, -0.2) is 8.42 Å². The minimum absolute atomic E-state index is 0.0510. The molecule has 1 aliphatic rings. The lowest BCUT2D eigenvalue weighted by atomic mass is 10.0. The average Bonchev–Trinajstić information content (AvgIpc) is 2.95. The zero-order valence-corrected chi connectivity index (χ0v) is 16.8. The molecule has 1 aliphatic heterocycles. The molecule has 1 saturated heterocycles. The van der Waals surface area contributed by atoms with Gasteiger partial charge in [0.1, 0.15) is 5.75 Å². The highest BCUT2D eigenvalue weighted by Gasteiger charge is 2.37. The smallest absolute Gasteiger partial charge is 0.220 e. The second-order valence-electron chi connectivity index (χ2n) is 7.12. The van der Waals surface area contributed by atoms with Crippen molar-refractivity contribution >= 4 is 15.9 Å². The summed E-state index contributed by atoms with van der Waals surface area (Å²) in [6, 6.07) is 7.49. The molecular formula is C18H29N3O4S. The molecule has 0 aromatic heterocycles. The van der Waals surface area contributed by atoms with Crippen LogP contribution < -0.4 is 10.1 Å². The predicted octanol–water partition coefficient (Wildman–Crippen LogP) is 0.566. The van der Waals surface area contributed by atoms with Crippen molar-refractivity contribution in [1.29, 1.82) is 0 Å². The summed E-state index contributed by atoms with van der Waals surface area (Å²) in [6.07, 6.45) is 2.22. The van der Waals surface area contributed by atoms with E-state index in [1.165, 1.54) is 10.6 Å². The fourth-order valence-corrected chi connectivity index (χ4v) is 4.14. The predicted molar refractivity (Wildman–Crippen MR) is 102 cm³/mol. The number of nitrogens with zero attached hydrogens (tertiary/aromatic N) is 2. The van der Waals surface area contributed by atoms with Crippen molar-refractivity contribution in [3.05, 3.63) is 29.8 Å². The van der Waals surface area contributed by atoms with Crippen LogP contribution in [0.5, 0.6) is 5.75 Å². The summed E-state index contributed by atoms with van der Waals surface area (Å²) < 4.78 is 30.3. The fourth-order valence-electron chi connectivity index (χ4n) is 3.25. The molecule has 0 radical (unpaired) electrons. The SMILES string of the molecule is COc1ccc(CCC(=O)N[C@@H]2CN(S(C)(=O)=O)C[C@H]2CN(C)C)cc1. The number of methoxy groups -OCH3 is 1. The third-order valence-electron chi connectivity index (χ3n) is 4.62. The maximum Gasteiger partial charge on any atom is 0.220 e. The molecule has 0 bridgehead atoms. The van der Waals surface area contributed by atoms with Crippen LogP contribution in [0.1, 0.15) is 12.0 Å². The lowest BCUT2D eigenvalue weighted by Crippen LogP contribution is -2.43. The minimum atomic E-state index is -3.25. The van der Waals surface area contributed by atoms with Gasteiger partial charge in [0.25, 0.3) is 0 Å². The van der Waals surface area contributed by atoms with E-state index in [0.29, 0.717) is 25.9 Å². The normalized spacial score (nSPS) is 21.1. The van der Waals surface area contributed by atoms with E-state index >= 15 is 0 Å². The van der Waals surface area contributed by atoms with Gasteiger partial charge in [-0.2, -0.15) is 4.31 Å². The Morgan fingerprint density at radius 1 is 1.27 bits per heavy atom. The zero-order chi connectivity index (χ0) is 19.3. The molecular weight excluding hydrogens is 354 g/mol. The van der Waals surface area contributed by atoms with Crippen molar-refractivity contribution < 1.29 is 17.9 Å². The number of hydrogen-bond acceptors (Lipinski definition) is 5. The van der Waals surface area contributed by atoms with Gasteiger partial charge in [0.2, 0.25) is 15.9 Å². The first-order chi connectivity index (χ1) is 12.2. The van der Waals surface area contributed by atoms with E-state index in [0.717, 1.165) is 17.9 Å². The molecule has 1 aromatic rings. The van der Waals surface area contributed by atoms with Gasteiger partial charge in [-0.3, -0.25) is 4.79 Å². The Hall–Kier alpha value is -1.64. The lowest BCUT2D eigenvalue weighted by molar-refractivity contribution is -0.121. The quantitative estimate of drug-likeness (QED) is 0.710. The average molecular weight is 384 g/mol. The van der Waals surface area contributed by atoms with Gasteiger partial charge in [0.15, 0.2) is 0 Å².